The molecule has 0 fully saturated rings. The van der Waals surface area contributed by atoms with E-state index in [0.717, 1.165) is 33.5 Å². The molecule has 6 nitrogen and oxygen atoms in total. The zero-order chi connectivity index (χ0) is 17.7. The molecule has 5 rings (SSSR count). The lowest BCUT2D eigenvalue weighted by Crippen LogP contribution is -2.02. The summed E-state index contributed by atoms with van der Waals surface area (Å²) in [6.07, 6.45) is 3.43. The number of aryl methyl sites for hydroxylation is 1. The van der Waals surface area contributed by atoms with Gasteiger partial charge in [0.05, 0.1) is 28.0 Å². The predicted octanol–water partition coefficient (Wildman–Crippen LogP) is 3.46. The van der Waals surface area contributed by atoms with Gasteiger partial charge in [-0.25, -0.2) is 14.5 Å². The summed E-state index contributed by atoms with van der Waals surface area (Å²) < 4.78 is 7.08. The molecule has 3 aromatic heterocycles. The largest absolute Gasteiger partial charge is 0.455 e. The second-order valence-electron chi connectivity index (χ2n) is 6.15. The van der Waals surface area contributed by atoms with Gasteiger partial charge in [-0.3, -0.25) is 4.98 Å². The third-order valence-corrected chi connectivity index (χ3v) is 4.58. The van der Waals surface area contributed by atoms with Gasteiger partial charge < -0.3 is 4.74 Å². The highest BCUT2D eigenvalue weighted by molar-refractivity contribution is 6.09. The van der Waals surface area contributed by atoms with Crippen molar-refractivity contribution in [3.8, 4) is 16.8 Å². The summed E-state index contributed by atoms with van der Waals surface area (Å²) in [6, 6.07) is 13.6. The van der Waals surface area contributed by atoms with Crippen molar-refractivity contribution >= 4 is 17.0 Å². The normalized spacial score (nSPS) is 13.0. The lowest BCUT2D eigenvalue weighted by atomic mass is 9.96. The molecule has 4 aromatic rings. The fourth-order valence-electron chi connectivity index (χ4n) is 3.45. The molecule has 0 radical (unpaired) electrons. The van der Waals surface area contributed by atoms with Crippen molar-refractivity contribution < 1.29 is 9.53 Å². The number of nitrogens with zero attached hydrogens (tertiary/aromatic N) is 4. The Labute approximate surface area is 149 Å². The van der Waals surface area contributed by atoms with Crippen molar-refractivity contribution in [1.82, 2.24) is 19.7 Å². The molecule has 26 heavy (non-hydrogen) atoms. The number of carbonyl (C=O) groups excluding carboxylic acids is 1. The summed E-state index contributed by atoms with van der Waals surface area (Å²) in [7, 11) is 0. The van der Waals surface area contributed by atoms with Gasteiger partial charge in [-0.2, -0.15) is 5.10 Å². The topological polar surface area (TPSA) is 69.9 Å². The van der Waals surface area contributed by atoms with Crippen LogP contribution < -0.4 is 0 Å². The molecule has 0 N–H and O–H groups in total. The van der Waals surface area contributed by atoms with Gasteiger partial charge >= 0.3 is 5.97 Å². The highest BCUT2D eigenvalue weighted by Gasteiger charge is 2.31. The molecule has 0 bridgehead atoms. The first-order valence-corrected chi connectivity index (χ1v) is 8.29. The predicted molar refractivity (Wildman–Crippen MR) is 96.0 cm³/mol. The van der Waals surface area contributed by atoms with Crippen molar-refractivity contribution in [3.05, 3.63) is 71.8 Å². The summed E-state index contributed by atoms with van der Waals surface area (Å²) in [6.45, 7) is 2.11. The minimum Gasteiger partial charge on any atom is -0.455 e. The number of pyridine rings is 2. The molecular formula is C20H14N4O2. The van der Waals surface area contributed by atoms with E-state index in [0.29, 0.717) is 11.3 Å². The van der Waals surface area contributed by atoms with Crippen LogP contribution in [0.15, 0.2) is 54.9 Å². The number of hydrogen-bond acceptors (Lipinski definition) is 5. The van der Waals surface area contributed by atoms with Crippen molar-refractivity contribution in [1.29, 1.82) is 0 Å². The fraction of sp³-hybridized carbons (Fsp3) is 0.100. The van der Waals surface area contributed by atoms with E-state index in [-0.39, 0.29) is 12.6 Å². The number of para-hydroxylation sites is 1. The standard InChI is InChI=1S/C20H14N4O2/c1-12-16-17(13-7-9-21-10-8-13)18-15(11-26-20(18)25)22-19(16)24(23-12)14-5-3-2-4-6-14/h2-10H,11H2,1H3. The van der Waals surface area contributed by atoms with Gasteiger partial charge in [0.25, 0.3) is 0 Å². The van der Waals surface area contributed by atoms with Gasteiger partial charge in [0, 0.05) is 18.0 Å². The van der Waals surface area contributed by atoms with E-state index in [1.165, 1.54) is 0 Å². The van der Waals surface area contributed by atoms with Crippen molar-refractivity contribution in [2.75, 3.05) is 0 Å². The second kappa shape index (κ2) is 5.49. The number of fused-ring (bicyclic) bond motifs is 2. The Bertz CT molecular complexity index is 1150. The first kappa shape index (κ1) is 14.8. The Morgan fingerprint density at radius 3 is 2.58 bits per heavy atom. The molecule has 0 amide bonds. The first-order valence-electron chi connectivity index (χ1n) is 8.29. The summed E-state index contributed by atoms with van der Waals surface area (Å²) in [4.78, 5) is 21.2. The van der Waals surface area contributed by atoms with Crippen molar-refractivity contribution in [2.45, 2.75) is 13.5 Å². The van der Waals surface area contributed by atoms with Crippen LogP contribution in [0, 0.1) is 6.92 Å². The molecule has 0 saturated carbocycles. The fourth-order valence-corrected chi connectivity index (χ4v) is 3.45. The van der Waals surface area contributed by atoms with Gasteiger partial charge in [0.1, 0.15) is 6.61 Å². The Kier molecular flexibility index (Phi) is 3.12. The molecule has 1 aliphatic heterocycles. The third kappa shape index (κ3) is 2.05. The summed E-state index contributed by atoms with van der Waals surface area (Å²) >= 11 is 0. The number of aromatic nitrogens is 4. The number of ether oxygens (including phenoxy) is 1. The SMILES string of the molecule is Cc1nn(-c2ccccc2)c2nc3c(c(-c4ccncc4)c12)C(=O)OC3. The number of carbonyl (C=O) groups is 1. The van der Waals surface area contributed by atoms with E-state index in [9.17, 15) is 4.79 Å². The lowest BCUT2D eigenvalue weighted by Gasteiger charge is -2.09. The van der Waals surface area contributed by atoms with Gasteiger partial charge in [-0.05, 0) is 36.8 Å². The first-order chi connectivity index (χ1) is 12.7. The Balaban J connectivity index is 1.92. The molecule has 0 spiro atoms. The van der Waals surface area contributed by atoms with Crippen LogP contribution in [0.5, 0.6) is 0 Å². The average molecular weight is 342 g/mol. The van der Waals surface area contributed by atoms with Gasteiger partial charge in [-0.1, -0.05) is 18.2 Å². The van der Waals surface area contributed by atoms with E-state index in [1.54, 1.807) is 12.4 Å². The molecule has 0 saturated heterocycles. The molecule has 0 aliphatic carbocycles. The van der Waals surface area contributed by atoms with E-state index < -0.39 is 0 Å². The van der Waals surface area contributed by atoms with Gasteiger partial charge in [0.15, 0.2) is 5.65 Å². The monoisotopic (exact) mass is 342 g/mol. The van der Waals surface area contributed by atoms with Gasteiger partial charge in [-0.15, -0.1) is 0 Å². The number of hydrogen-bond donors (Lipinski definition) is 0. The summed E-state index contributed by atoms with van der Waals surface area (Å²) in [5.41, 5.74) is 5.34. The van der Waals surface area contributed by atoms with Gasteiger partial charge in [0.2, 0.25) is 0 Å². The van der Waals surface area contributed by atoms with E-state index in [4.69, 9.17) is 14.8 Å². The maximum atomic E-state index is 12.4. The number of esters is 1. The maximum absolute atomic E-state index is 12.4. The molecule has 126 valence electrons. The zero-order valence-corrected chi connectivity index (χ0v) is 14.0. The molecule has 1 aliphatic rings. The van der Waals surface area contributed by atoms with Crippen LogP contribution in [0.1, 0.15) is 21.7 Å². The molecule has 4 heterocycles. The van der Waals surface area contributed by atoms with Crippen LogP contribution in [0.3, 0.4) is 0 Å². The third-order valence-electron chi connectivity index (χ3n) is 4.58. The zero-order valence-electron chi connectivity index (χ0n) is 14.0. The van der Waals surface area contributed by atoms with E-state index >= 15 is 0 Å². The number of benzene rings is 1. The number of rotatable bonds is 2. The number of cyclic esters (lactones) is 1. The lowest BCUT2D eigenvalue weighted by molar-refractivity contribution is 0.0534. The second-order valence-corrected chi connectivity index (χ2v) is 6.15. The van der Waals surface area contributed by atoms with Crippen LogP contribution in [-0.4, -0.2) is 25.7 Å². The van der Waals surface area contributed by atoms with Crippen LogP contribution >= 0.6 is 0 Å². The Hall–Kier alpha value is -3.54. The van der Waals surface area contributed by atoms with Crippen LogP contribution in [0.4, 0.5) is 0 Å². The van der Waals surface area contributed by atoms with Crippen molar-refractivity contribution in [2.24, 2.45) is 0 Å². The average Bonchev–Trinajstić information content (AvgIpc) is 3.22. The molecule has 0 unspecified atom stereocenters. The van der Waals surface area contributed by atoms with Crippen LogP contribution in [0.2, 0.25) is 0 Å². The highest BCUT2D eigenvalue weighted by Crippen LogP contribution is 2.38. The van der Waals surface area contributed by atoms with E-state index in [2.05, 4.69) is 4.98 Å². The Morgan fingerprint density at radius 2 is 1.81 bits per heavy atom. The van der Waals surface area contributed by atoms with Crippen molar-refractivity contribution in [3.63, 3.8) is 0 Å². The minimum atomic E-state index is -0.340. The minimum absolute atomic E-state index is 0.182. The van der Waals surface area contributed by atoms with Crippen LogP contribution in [0.25, 0.3) is 27.8 Å². The molecular weight excluding hydrogens is 328 g/mol. The molecule has 1 aromatic carbocycles. The quantitative estimate of drug-likeness (QED) is 0.522. The summed E-state index contributed by atoms with van der Waals surface area (Å²) in [5.74, 6) is -0.340. The Morgan fingerprint density at radius 1 is 1.04 bits per heavy atom. The smallest absolute Gasteiger partial charge is 0.341 e. The van der Waals surface area contributed by atoms with Crippen LogP contribution in [-0.2, 0) is 11.3 Å². The molecule has 6 heteroatoms. The highest BCUT2D eigenvalue weighted by atomic mass is 16.5. The van der Waals surface area contributed by atoms with E-state index in [1.807, 2.05) is 54.1 Å². The molecule has 0 atom stereocenters. The summed E-state index contributed by atoms with van der Waals surface area (Å²) in [5, 5.41) is 5.56. The maximum Gasteiger partial charge on any atom is 0.341 e.